The van der Waals surface area contributed by atoms with Crippen molar-refractivity contribution >= 4 is 11.5 Å². The average molecular weight is 203 g/mol. The van der Waals surface area contributed by atoms with Crippen LogP contribution in [0, 0.1) is 0 Å². The van der Waals surface area contributed by atoms with Crippen molar-refractivity contribution in [1.82, 2.24) is 0 Å². The molecule has 2 nitrogen and oxygen atoms in total. The SMILES string of the molecule is CC(=O)c1ccccc1N1CCCCC1. The first kappa shape index (κ1) is 10.2. The Morgan fingerprint density at radius 2 is 1.80 bits per heavy atom. The van der Waals surface area contributed by atoms with Crippen molar-refractivity contribution in [2.75, 3.05) is 18.0 Å². The zero-order valence-corrected chi connectivity index (χ0v) is 9.20. The minimum absolute atomic E-state index is 0.163. The Bertz CT molecular complexity index is 353. The van der Waals surface area contributed by atoms with Crippen molar-refractivity contribution in [1.29, 1.82) is 0 Å². The summed E-state index contributed by atoms with van der Waals surface area (Å²) in [6, 6.07) is 7.93. The fraction of sp³-hybridized carbons (Fsp3) is 0.462. The van der Waals surface area contributed by atoms with E-state index in [0.717, 1.165) is 24.3 Å². The van der Waals surface area contributed by atoms with Gasteiger partial charge in [0.15, 0.2) is 5.78 Å². The van der Waals surface area contributed by atoms with E-state index in [-0.39, 0.29) is 5.78 Å². The molecule has 2 heteroatoms. The van der Waals surface area contributed by atoms with Gasteiger partial charge in [0.2, 0.25) is 0 Å². The number of carbonyl (C=O) groups is 1. The van der Waals surface area contributed by atoms with Crippen molar-refractivity contribution in [3.05, 3.63) is 29.8 Å². The van der Waals surface area contributed by atoms with Crippen LogP contribution in [0.3, 0.4) is 0 Å². The lowest BCUT2D eigenvalue weighted by Crippen LogP contribution is -2.30. The molecule has 1 saturated heterocycles. The van der Waals surface area contributed by atoms with E-state index in [4.69, 9.17) is 0 Å². The topological polar surface area (TPSA) is 20.3 Å². The molecule has 2 rings (SSSR count). The molecule has 1 aliphatic rings. The highest BCUT2D eigenvalue weighted by Gasteiger charge is 2.15. The first-order valence-electron chi connectivity index (χ1n) is 5.64. The lowest BCUT2D eigenvalue weighted by Gasteiger charge is -2.30. The zero-order valence-electron chi connectivity index (χ0n) is 9.20. The molecule has 1 heterocycles. The molecule has 0 amide bonds. The van der Waals surface area contributed by atoms with Crippen LogP contribution in [0.1, 0.15) is 36.5 Å². The van der Waals surface area contributed by atoms with Gasteiger partial charge in [0, 0.05) is 24.3 Å². The van der Waals surface area contributed by atoms with E-state index in [1.54, 1.807) is 6.92 Å². The van der Waals surface area contributed by atoms with Gasteiger partial charge >= 0.3 is 0 Å². The Hall–Kier alpha value is -1.31. The molecule has 0 unspecified atom stereocenters. The number of hydrogen-bond acceptors (Lipinski definition) is 2. The van der Waals surface area contributed by atoms with E-state index in [1.807, 2.05) is 18.2 Å². The second-order valence-electron chi connectivity index (χ2n) is 4.12. The summed E-state index contributed by atoms with van der Waals surface area (Å²) in [5.74, 6) is 0.163. The van der Waals surface area contributed by atoms with Crippen LogP contribution in [0.15, 0.2) is 24.3 Å². The highest BCUT2D eigenvalue weighted by molar-refractivity contribution is 5.99. The normalized spacial score (nSPS) is 16.5. The number of nitrogens with zero attached hydrogens (tertiary/aromatic N) is 1. The van der Waals surface area contributed by atoms with Crippen molar-refractivity contribution in [2.45, 2.75) is 26.2 Å². The fourth-order valence-electron chi connectivity index (χ4n) is 2.18. The van der Waals surface area contributed by atoms with Crippen molar-refractivity contribution in [3.8, 4) is 0 Å². The molecule has 1 fully saturated rings. The van der Waals surface area contributed by atoms with Gasteiger partial charge in [-0.25, -0.2) is 0 Å². The number of hydrogen-bond donors (Lipinski definition) is 0. The Kier molecular flexibility index (Phi) is 3.05. The molecule has 15 heavy (non-hydrogen) atoms. The summed E-state index contributed by atoms with van der Waals surface area (Å²) in [6.45, 7) is 3.82. The number of piperidine rings is 1. The molecular weight excluding hydrogens is 186 g/mol. The molecule has 1 aliphatic heterocycles. The summed E-state index contributed by atoms with van der Waals surface area (Å²) in [6.07, 6.45) is 3.80. The monoisotopic (exact) mass is 203 g/mol. The molecule has 0 saturated carbocycles. The van der Waals surface area contributed by atoms with E-state index < -0.39 is 0 Å². The van der Waals surface area contributed by atoms with E-state index in [2.05, 4.69) is 11.0 Å². The van der Waals surface area contributed by atoms with Gasteiger partial charge in [-0.15, -0.1) is 0 Å². The Morgan fingerprint density at radius 3 is 2.47 bits per heavy atom. The molecule has 80 valence electrons. The van der Waals surface area contributed by atoms with Crippen LogP contribution in [0.4, 0.5) is 5.69 Å². The quantitative estimate of drug-likeness (QED) is 0.689. The van der Waals surface area contributed by atoms with E-state index >= 15 is 0 Å². The Balaban J connectivity index is 2.29. The van der Waals surface area contributed by atoms with Crippen LogP contribution < -0.4 is 4.90 Å². The lowest BCUT2D eigenvalue weighted by molar-refractivity contribution is 0.101. The molecule has 0 aliphatic carbocycles. The minimum Gasteiger partial charge on any atom is -0.371 e. The number of para-hydroxylation sites is 1. The van der Waals surface area contributed by atoms with E-state index in [0.29, 0.717) is 0 Å². The van der Waals surface area contributed by atoms with Crippen LogP contribution in [0.5, 0.6) is 0 Å². The van der Waals surface area contributed by atoms with Gasteiger partial charge in [0.25, 0.3) is 0 Å². The Morgan fingerprint density at radius 1 is 1.13 bits per heavy atom. The second-order valence-corrected chi connectivity index (χ2v) is 4.12. The van der Waals surface area contributed by atoms with Gasteiger partial charge in [0.05, 0.1) is 0 Å². The van der Waals surface area contributed by atoms with Gasteiger partial charge in [-0.3, -0.25) is 4.79 Å². The molecule has 0 bridgehead atoms. The minimum atomic E-state index is 0.163. The van der Waals surface area contributed by atoms with Crippen LogP contribution in [-0.4, -0.2) is 18.9 Å². The average Bonchev–Trinajstić information content (AvgIpc) is 2.30. The van der Waals surface area contributed by atoms with E-state index in [9.17, 15) is 4.79 Å². The van der Waals surface area contributed by atoms with Gasteiger partial charge in [-0.1, -0.05) is 12.1 Å². The summed E-state index contributed by atoms with van der Waals surface area (Å²) < 4.78 is 0. The highest BCUT2D eigenvalue weighted by atomic mass is 16.1. The smallest absolute Gasteiger partial charge is 0.161 e. The molecule has 0 radical (unpaired) electrons. The molecule has 0 atom stereocenters. The number of anilines is 1. The third kappa shape index (κ3) is 2.20. The summed E-state index contributed by atoms with van der Waals surface area (Å²) in [7, 11) is 0. The fourth-order valence-corrected chi connectivity index (χ4v) is 2.18. The number of Topliss-reactive ketones (excluding diaryl/α,β-unsaturated/α-hetero) is 1. The molecule has 0 aromatic heterocycles. The predicted molar refractivity (Wildman–Crippen MR) is 62.5 cm³/mol. The number of rotatable bonds is 2. The molecular formula is C13H17NO. The maximum absolute atomic E-state index is 11.5. The predicted octanol–water partition coefficient (Wildman–Crippen LogP) is 2.88. The Labute approximate surface area is 90.9 Å². The highest BCUT2D eigenvalue weighted by Crippen LogP contribution is 2.24. The first-order chi connectivity index (χ1) is 7.29. The summed E-state index contributed by atoms with van der Waals surface area (Å²) in [5.41, 5.74) is 1.98. The lowest BCUT2D eigenvalue weighted by atomic mass is 10.1. The number of benzene rings is 1. The van der Waals surface area contributed by atoms with Crippen molar-refractivity contribution in [2.24, 2.45) is 0 Å². The standard InChI is InChI=1S/C13H17NO/c1-11(15)12-7-3-4-8-13(12)14-9-5-2-6-10-14/h3-4,7-8H,2,5-6,9-10H2,1H3. The first-order valence-corrected chi connectivity index (χ1v) is 5.64. The zero-order chi connectivity index (χ0) is 10.7. The maximum atomic E-state index is 11.5. The second kappa shape index (κ2) is 4.47. The van der Waals surface area contributed by atoms with Crippen LogP contribution in [0.25, 0.3) is 0 Å². The third-order valence-corrected chi connectivity index (χ3v) is 2.98. The summed E-state index contributed by atoms with van der Waals surface area (Å²) in [5, 5.41) is 0. The number of ketones is 1. The van der Waals surface area contributed by atoms with Gasteiger partial charge in [-0.2, -0.15) is 0 Å². The van der Waals surface area contributed by atoms with Gasteiger partial charge < -0.3 is 4.90 Å². The van der Waals surface area contributed by atoms with Crippen LogP contribution in [-0.2, 0) is 0 Å². The molecule has 1 aromatic rings. The van der Waals surface area contributed by atoms with Gasteiger partial charge in [0.1, 0.15) is 0 Å². The molecule has 1 aromatic carbocycles. The van der Waals surface area contributed by atoms with Gasteiger partial charge in [-0.05, 0) is 38.3 Å². The summed E-state index contributed by atoms with van der Waals surface area (Å²) >= 11 is 0. The molecule has 0 spiro atoms. The van der Waals surface area contributed by atoms with Crippen LogP contribution >= 0.6 is 0 Å². The summed E-state index contributed by atoms with van der Waals surface area (Å²) in [4.78, 5) is 13.8. The third-order valence-electron chi connectivity index (χ3n) is 2.98. The van der Waals surface area contributed by atoms with E-state index in [1.165, 1.54) is 19.3 Å². The number of carbonyl (C=O) groups excluding carboxylic acids is 1. The largest absolute Gasteiger partial charge is 0.371 e. The van der Waals surface area contributed by atoms with Crippen molar-refractivity contribution < 1.29 is 4.79 Å². The van der Waals surface area contributed by atoms with Crippen LogP contribution in [0.2, 0.25) is 0 Å². The maximum Gasteiger partial charge on any atom is 0.161 e. The van der Waals surface area contributed by atoms with Crippen molar-refractivity contribution in [3.63, 3.8) is 0 Å². The molecule has 0 N–H and O–H groups in total.